The Morgan fingerprint density at radius 1 is 0.286 bits per heavy atom. The Balaban J connectivity index is 1.06. The molecular formula is C54H38N2. The molecule has 2 heteroatoms. The molecule has 9 aromatic carbocycles. The molecule has 0 bridgehead atoms. The van der Waals surface area contributed by atoms with Gasteiger partial charge in [-0.3, -0.25) is 0 Å². The molecular weight excluding hydrogens is 677 g/mol. The molecule has 1 aromatic heterocycles. The number of anilines is 3. The van der Waals surface area contributed by atoms with Crippen molar-refractivity contribution in [2.45, 2.75) is 0 Å². The summed E-state index contributed by atoms with van der Waals surface area (Å²) in [7, 11) is 0. The number of hydrogen-bond acceptors (Lipinski definition) is 1. The molecule has 1 heterocycles. The molecule has 0 spiro atoms. The predicted molar refractivity (Wildman–Crippen MR) is 237 cm³/mol. The molecule has 264 valence electrons. The van der Waals surface area contributed by atoms with Gasteiger partial charge in [-0.2, -0.15) is 0 Å². The van der Waals surface area contributed by atoms with Gasteiger partial charge in [0, 0.05) is 33.4 Å². The maximum absolute atomic E-state index is 2.38. The summed E-state index contributed by atoms with van der Waals surface area (Å²) in [6, 6.07) is 83.0. The highest BCUT2D eigenvalue weighted by Gasteiger charge is 2.18. The van der Waals surface area contributed by atoms with Gasteiger partial charge in [0.1, 0.15) is 0 Å². The van der Waals surface area contributed by atoms with Gasteiger partial charge in [-0.1, -0.05) is 176 Å². The predicted octanol–water partition coefficient (Wildman–Crippen LogP) is 14.9. The fourth-order valence-electron chi connectivity index (χ4n) is 8.18. The second-order valence-corrected chi connectivity index (χ2v) is 14.1. The molecule has 0 fully saturated rings. The molecule has 10 rings (SSSR count). The van der Waals surface area contributed by atoms with Gasteiger partial charge in [-0.25, -0.2) is 0 Å². The van der Waals surface area contributed by atoms with Crippen molar-refractivity contribution in [1.29, 1.82) is 0 Å². The van der Waals surface area contributed by atoms with Crippen LogP contribution in [0.1, 0.15) is 0 Å². The quantitative estimate of drug-likeness (QED) is 0.152. The summed E-state index contributed by atoms with van der Waals surface area (Å²) in [5, 5.41) is 2.53. The average molecular weight is 715 g/mol. The summed E-state index contributed by atoms with van der Waals surface area (Å²) >= 11 is 0. The Labute approximate surface area is 327 Å². The van der Waals surface area contributed by atoms with Crippen LogP contribution < -0.4 is 4.90 Å². The number of para-hydroxylation sites is 3. The summed E-state index contributed by atoms with van der Waals surface area (Å²) in [6.07, 6.45) is 0. The summed E-state index contributed by atoms with van der Waals surface area (Å²) in [4.78, 5) is 2.38. The summed E-state index contributed by atoms with van der Waals surface area (Å²) in [5.41, 5.74) is 16.4. The summed E-state index contributed by atoms with van der Waals surface area (Å²) in [6.45, 7) is 0. The fourth-order valence-corrected chi connectivity index (χ4v) is 8.18. The van der Waals surface area contributed by atoms with Gasteiger partial charge < -0.3 is 9.47 Å². The summed E-state index contributed by atoms with van der Waals surface area (Å²) in [5.74, 6) is 0. The van der Waals surface area contributed by atoms with Crippen LogP contribution in [0.2, 0.25) is 0 Å². The minimum Gasteiger partial charge on any atom is -0.310 e. The first kappa shape index (κ1) is 33.2. The Morgan fingerprint density at radius 2 is 0.714 bits per heavy atom. The first-order chi connectivity index (χ1) is 27.8. The number of nitrogens with zero attached hydrogens (tertiary/aromatic N) is 2. The normalized spacial score (nSPS) is 11.2. The summed E-state index contributed by atoms with van der Waals surface area (Å²) < 4.78 is 2.38. The molecule has 0 saturated heterocycles. The van der Waals surface area contributed by atoms with E-state index < -0.39 is 0 Å². The van der Waals surface area contributed by atoms with Gasteiger partial charge in [-0.15, -0.1) is 0 Å². The van der Waals surface area contributed by atoms with Crippen molar-refractivity contribution < 1.29 is 0 Å². The molecule has 0 atom stereocenters. The number of aromatic nitrogens is 1. The Morgan fingerprint density at radius 3 is 1.30 bits per heavy atom. The van der Waals surface area contributed by atoms with Crippen molar-refractivity contribution in [2.75, 3.05) is 4.90 Å². The molecule has 0 unspecified atom stereocenters. The van der Waals surface area contributed by atoms with Crippen LogP contribution in [0.4, 0.5) is 17.1 Å². The third kappa shape index (κ3) is 6.04. The minimum absolute atomic E-state index is 1.09. The highest BCUT2D eigenvalue weighted by Crippen LogP contribution is 2.43. The van der Waals surface area contributed by atoms with Crippen molar-refractivity contribution in [3.8, 4) is 50.2 Å². The second-order valence-electron chi connectivity index (χ2n) is 14.1. The molecule has 10 aromatic rings. The molecule has 0 aliphatic heterocycles. The van der Waals surface area contributed by atoms with E-state index in [-0.39, 0.29) is 0 Å². The third-order valence-corrected chi connectivity index (χ3v) is 10.8. The zero-order valence-electron chi connectivity index (χ0n) is 30.8. The lowest BCUT2D eigenvalue weighted by molar-refractivity contribution is 1.18. The van der Waals surface area contributed by atoms with Crippen LogP contribution in [0.25, 0.3) is 72.0 Å². The average Bonchev–Trinajstić information content (AvgIpc) is 3.62. The highest BCUT2D eigenvalue weighted by molar-refractivity contribution is 6.09. The Hall–Kier alpha value is -7.42. The maximum Gasteiger partial charge on any atom is 0.0541 e. The molecule has 0 aliphatic carbocycles. The lowest BCUT2D eigenvalue weighted by atomic mass is 9.94. The van der Waals surface area contributed by atoms with Crippen molar-refractivity contribution >= 4 is 38.9 Å². The molecule has 0 radical (unpaired) electrons. The van der Waals surface area contributed by atoms with Gasteiger partial charge in [0.15, 0.2) is 0 Å². The molecule has 0 saturated carbocycles. The van der Waals surface area contributed by atoms with E-state index in [4.69, 9.17) is 0 Å². The van der Waals surface area contributed by atoms with Crippen molar-refractivity contribution in [1.82, 2.24) is 4.57 Å². The Kier molecular flexibility index (Phi) is 8.55. The lowest BCUT2D eigenvalue weighted by Gasteiger charge is -2.28. The van der Waals surface area contributed by atoms with Gasteiger partial charge >= 0.3 is 0 Å². The fraction of sp³-hybridized carbons (Fsp3) is 0. The molecule has 0 aliphatic rings. The highest BCUT2D eigenvalue weighted by atomic mass is 15.1. The van der Waals surface area contributed by atoms with E-state index in [0.29, 0.717) is 0 Å². The molecule has 56 heavy (non-hydrogen) atoms. The number of benzene rings is 9. The van der Waals surface area contributed by atoms with Crippen LogP contribution in [0, 0.1) is 0 Å². The van der Waals surface area contributed by atoms with Crippen molar-refractivity contribution in [3.05, 3.63) is 231 Å². The number of rotatable bonds is 8. The van der Waals surface area contributed by atoms with Crippen molar-refractivity contribution in [2.24, 2.45) is 0 Å². The van der Waals surface area contributed by atoms with Crippen LogP contribution in [0.15, 0.2) is 231 Å². The van der Waals surface area contributed by atoms with Gasteiger partial charge in [0.05, 0.1) is 16.7 Å². The van der Waals surface area contributed by atoms with Crippen LogP contribution >= 0.6 is 0 Å². The monoisotopic (exact) mass is 714 g/mol. The second kappa shape index (κ2) is 14.4. The third-order valence-electron chi connectivity index (χ3n) is 10.8. The van der Waals surface area contributed by atoms with E-state index in [9.17, 15) is 0 Å². The zero-order valence-corrected chi connectivity index (χ0v) is 30.8. The van der Waals surface area contributed by atoms with Gasteiger partial charge in [0.25, 0.3) is 0 Å². The van der Waals surface area contributed by atoms with E-state index in [0.717, 1.165) is 22.7 Å². The lowest BCUT2D eigenvalue weighted by Crippen LogP contribution is -2.11. The zero-order chi connectivity index (χ0) is 37.3. The molecule has 0 amide bonds. The van der Waals surface area contributed by atoms with E-state index >= 15 is 0 Å². The SMILES string of the molecule is c1ccc(-c2ccccc2-c2ccc(N(c3ccc(-c4cccc(-n5c6ccccc6c6ccccc65)c4)cc3)c3ccccc3-c3ccccc3)cc2)cc1. The van der Waals surface area contributed by atoms with Crippen LogP contribution in [0.3, 0.4) is 0 Å². The standard InChI is InChI=1S/C54H38N2/c1-3-16-40(17-4-1)47-22-7-8-23-48(47)42-32-36-45(37-33-42)55(52-27-12-9-24-49(52)41-18-5-2-6-19-41)44-34-30-39(31-35-44)43-20-15-21-46(38-43)56-53-28-13-10-25-50(53)51-26-11-14-29-54(51)56/h1-38H. The first-order valence-corrected chi connectivity index (χ1v) is 19.2. The van der Waals surface area contributed by atoms with E-state index in [2.05, 4.69) is 240 Å². The van der Waals surface area contributed by atoms with E-state index in [1.54, 1.807) is 0 Å². The Bertz CT molecular complexity index is 2890. The largest absolute Gasteiger partial charge is 0.310 e. The number of hydrogen-bond donors (Lipinski definition) is 0. The number of fused-ring (bicyclic) bond motifs is 3. The topological polar surface area (TPSA) is 8.17 Å². The molecule has 0 N–H and O–H groups in total. The van der Waals surface area contributed by atoms with E-state index in [1.165, 1.54) is 66.3 Å². The van der Waals surface area contributed by atoms with Crippen LogP contribution in [-0.2, 0) is 0 Å². The first-order valence-electron chi connectivity index (χ1n) is 19.2. The van der Waals surface area contributed by atoms with Gasteiger partial charge in [0.2, 0.25) is 0 Å². The smallest absolute Gasteiger partial charge is 0.0541 e. The maximum atomic E-state index is 2.38. The minimum atomic E-state index is 1.09. The molecule has 2 nitrogen and oxygen atoms in total. The van der Waals surface area contributed by atoms with Gasteiger partial charge in [-0.05, 0) is 93.5 Å². The van der Waals surface area contributed by atoms with E-state index in [1.807, 2.05) is 0 Å². The van der Waals surface area contributed by atoms with Crippen LogP contribution in [-0.4, -0.2) is 4.57 Å². The van der Waals surface area contributed by atoms with Crippen molar-refractivity contribution in [3.63, 3.8) is 0 Å². The van der Waals surface area contributed by atoms with Crippen LogP contribution in [0.5, 0.6) is 0 Å².